The number of benzene rings is 5. The Morgan fingerprint density at radius 3 is 0.893 bits per heavy atom. The molecule has 37 nitrogen and oxygen atoms in total. The molecular weight excluding hydrogens is 1690 g/mol. The maximum atomic E-state index is 13.5. The van der Waals surface area contributed by atoms with Gasteiger partial charge in [0.15, 0.2) is 54.0 Å². The molecule has 0 fully saturated rings. The first kappa shape index (κ1) is 88.5. The fraction of sp³-hybridized carbons (Fsp3) is 0.195. The van der Waals surface area contributed by atoms with E-state index in [4.69, 9.17) is 26.7 Å². The van der Waals surface area contributed by atoms with Crippen molar-refractivity contribution in [3.8, 4) is 40.6 Å². The van der Waals surface area contributed by atoms with Crippen molar-refractivity contribution in [3.63, 3.8) is 0 Å². The predicted octanol–water partition coefficient (Wildman–Crippen LogP) is 8.38. The Morgan fingerprint density at radius 1 is 0.385 bits per heavy atom. The van der Waals surface area contributed by atoms with Crippen molar-refractivity contribution < 1.29 is 51.4 Å². The summed E-state index contributed by atoms with van der Waals surface area (Å²) in [6.45, 7) is 8.59. The highest BCUT2D eigenvalue weighted by Crippen LogP contribution is 2.29. The van der Waals surface area contributed by atoms with Gasteiger partial charge in [-0.3, -0.25) is 47.9 Å². The van der Waals surface area contributed by atoms with Crippen LogP contribution in [0.4, 0.5) is 13.2 Å². The molecule has 5 unspecified atom stereocenters. The molecule has 5 aromatic carbocycles. The first-order valence-electron chi connectivity index (χ1n) is 35.9. The van der Waals surface area contributed by atoms with Crippen molar-refractivity contribution in [2.24, 2.45) is 11.5 Å². The number of nitrogens with two attached hydrogens (primary N) is 2. The van der Waals surface area contributed by atoms with Crippen molar-refractivity contribution in [1.82, 2.24) is 98.7 Å². The minimum absolute atomic E-state index is 0.253. The van der Waals surface area contributed by atoms with E-state index < -0.39 is 73.4 Å². The number of hydrogen-bond acceptors (Lipinski definition) is 30. The molecule has 0 aliphatic rings. The fourth-order valence-corrected chi connectivity index (χ4v) is 15.1. The van der Waals surface area contributed by atoms with Gasteiger partial charge in [-0.1, -0.05) is 90.9 Å². The van der Waals surface area contributed by atoms with E-state index in [1.54, 1.807) is 106 Å². The van der Waals surface area contributed by atoms with Crippen LogP contribution in [0.5, 0.6) is 0 Å². The number of carbonyl (C=O) groups excluding carboxylic acids is 5. The van der Waals surface area contributed by atoms with Gasteiger partial charge in [-0.2, -0.15) is 36.0 Å². The number of esters is 3. The van der Waals surface area contributed by atoms with Gasteiger partial charge in [-0.15, -0.1) is 0 Å². The molecule has 122 heavy (non-hydrogen) atoms. The molecule has 0 aliphatic heterocycles. The molecule has 10 aromatic heterocycles. The number of carbonyl (C=O) groups is 5. The van der Waals surface area contributed by atoms with E-state index in [1.807, 2.05) is 26.0 Å². The Labute approximate surface area is 705 Å². The maximum absolute atomic E-state index is 13.5. The van der Waals surface area contributed by atoms with Crippen molar-refractivity contribution in [2.75, 3.05) is 21.3 Å². The zero-order valence-corrected chi connectivity index (χ0v) is 69.1. The molecule has 15 aromatic rings. The van der Waals surface area contributed by atoms with Gasteiger partial charge in [-0.05, 0) is 137 Å². The standard InChI is InChI=1S/C16H15FN4O3S.C16H13N5O3S.C15H14FN5O2S.C15H13FN4O3S.C15H12N6O2S/c1-3-12(15(23)24-2)25-16-19-13-11(14(22)20-16)8-18-21(13)10-6-4-5-9(17)7-10;1-9(15(23)24-2)25-16-19-13-12(14(22)20-16)8-18-21(13)11-5-3-10(7-17)4-6-11;1-2-11(12(17)22)24-15-19-13-10(14(23)20-15)7-18-21(13)9-5-3-4-8(16)6-9;1-8(14(22)23-2)24-15-18-12-11(13(21)19-15)7-17-20(12)10-5-3-4-9(16)6-10;1-8(12(17)22)24-15-19-13-11(14(23)20-15)7-18-21(13)10-4-2-9(6-16)3-5-10/h4-8,12H,3H2,1-2H3,(H,19,20,22);3-6,8-9H,1-2H3,(H,19,20,22);3-7,11H,2H2,1H3,(H2,17,22)(H,19,20,23);3-8H,1-2H3,(H,18,19,21);2-5,7-8H,1H3,(H2,17,22)(H,19,20,23). The Balaban J connectivity index is 0.000000149. The minimum atomic E-state index is -0.541. The molecule has 0 bridgehead atoms. The number of fused-ring (bicyclic) bond motifs is 5. The SMILES string of the molecule is CC(Sc1nc2c(cnn2-c2ccc(C#N)cc2)c(=O)[nH]1)C(N)=O.CCC(Sc1nc2c(cnn2-c2cccc(F)c2)c(=O)[nH]1)C(=O)OC.CCC(Sc1nc2c(cnn2-c2cccc(F)c2)c(=O)[nH]1)C(N)=O.COC(=O)C(C)Sc1nc2c(cnn2-c2ccc(C#N)cc2)c(=O)[nH]1.COC(=O)C(C)Sc1nc2c(cnn2-c2cccc(F)c2)c(=O)[nH]1. The second kappa shape index (κ2) is 40.0. The Morgan fingerprint density at radius 2 is 0.648 bits per heavy atom. The van der Waals surface area contributed by atoms with Crippen molar-refractivity contribution in [1.29, 1.82) is 10.5 Å². The molecule has 0 aliphatic carbocycles. The molecule has 5 atom stereocenters. The van der Waals surface area contributed by atoms with Crippen LogP contribution in [0.1, 0.15) is 58.6 Å². The number of nitriles is 2. The van der Waals surface area contributed by atoms with Crippen molar-refractivity contribution in [3.05, 3.63) is 233 Å². The minimum Gasteiger partial charge on any atom is -0.468 e. The molecule has 0 saturated carbocycles. The van der Waals surface area contributed by atoms with Crippen LogP contribution in [0, 0.1) is 40.1 Å². The van der Waals surface area contributed by atoms with Crippen molar-refractivity contribution >= 4 is 144 Å². The van der Waals surface area contributed by atoms with Gasteiger partial charge in [-0.25, -0.2) is 61.5 Å². The Kier molecular flexibility index (Phi) is 29.0. The number of rotatable bonds is 22. The monoisotopic (exact) mass is 1750 g/mol. The van der Waals surface area contributed by atoms with Crippen molar-refractivity contribution in [2.45, 2.75) is 99.5 Å². The number of methoxy groups -OCH3 is 3. The summed E-state index contributed by atoms with van der Waals surface area (Å²) in [6.07, 6.45) is 7.98. The van der Waals surface area contributed by atoms with Crippen LogP contribution >= 0.6 is 58.8 Å². The number of nitrogens with one attached hydrogen (secondary N) is 5. The third kappa shape index (κ3) is 21.0. The lowest BCUT2D eigenvalue weighted by molar-refractivity contribution is -0.140. The molecule has 9 N–H and O–H groups in total. The largest absolute Gasteiger partial charge is 0.468 e. The third-order valence-electron chi connectivity index (χ3n) is 17.1. The zero-order chi connectivity index (χ0) is 87.8. The number of ether oxygens (including phenoxy) is 3. The number of aromatic nitrogens is 20. The quantitative estimate of drug-likeness (QED) is 0.0145. The van der Waals surface area contributed by atoms with Crippen LogP contribution in [0.3, 0.4) is 0 Å². The van der Waals surface area contributed by atoms with Gasteiger partial charge in [0.25, 0.3) is 27.8 Å². The number of amides is 2. The maximum Gasteiger partial charge on any atom is 0.319 e. The molecule has 10 heterocycles. The van der Waals surface area contributed by atoms with E-state index in [1.165, 1.54) is 112 Å². The zero-order valence-electron chi connectivity index (χ0n) is 65.0. The van der Waals surface area contributed by atoms with Gasteiger partial charge in [0.2, 0.25) is 11.8 Å². The summed E-state index contributed by atoms with van der Waals surface area (Å²) in [6, 6.07) is 35.0. The summed E-state index contributed by atoms with van der Waals surface area (Å²) in [7, 11) is 3.90. The summed E-state index contributed by atoms with van der Waals surface area (Å²) < 4.78 is 61.6. The summed E-state index contributed by atoms with van der Waals surface area (Å²) in [4.78, 5) is 153. The molecule has 0 spiro atoms. The van der Waals surface area contributed by atoms with Gasteiger partial charge >= 0.3 is 17.9 Å². The first-order chi connectivity index (χ1) is 58.5. The molecule has 15 rings (SSSR count). The predicted molar refractivity (Wildman–Crippen MR) is 447 cm³/mol. The van der Waals surface area contributed by atoms with Crippen LogP contribution < -0.4 is 39.3 Å². The summed E-state index contributed by atoms with van der Waals surface area (Å²) in [5.41, 5.74) is 14.0. The molecule has 0 saturated heterocycles. The third-order valence-corrected chi connectivity index (χ3v) is 22.5. The summed E-state index contributed by atoms with van der Waals surface area (Å²) in [5, 5.41) is 38.7. The van der Waals surface area contributed by atoms with Gasteiger partial charge in [0.05, 0.1) is 115 Å². The van der Waals surface area contributed by atoms with E-state index in [9.17, 15) is 61.1 Å². The number of hydrogen-bond donors (Lipinski definition) is 7. The smallest absolute Gasteiger partial charge is 0.319 e. The number of primary amides is 2. The fourth-order valence-electron chi connectivity index (χ4n) is 10.9. The number of thioether (sulfide) groups is 5. The highest BCUT2D eigenvalue weighted by Gasteiger charge is 2.26. The lowest BCUT2D eigenvalue weighted by Crippen LogP contribution is -2.25. The highest BCUT2D eigenvalue weighted by molar-refractivity contribution is 8.01. The topological polar surface area (TPSA) is 531 Å². The van der Waals surface area contributed by atoms with Crippen LogP contribution in [0.15, 0.2) is 202 Å². The van der Waals surface area contributed by atoms with Crippen LogP contribution in [0.2, 0.25) is 0 Å². The number of halogens is 3. The van der Waals surface area contributed by atoms with Crippen LogP contribution in [-0.2, 0) is 38.2 Å². The molecular formula is C77H67F3N24O13S5. The number of aromatic amines is 5. The van der Waals surface area contributed by atoms with Gasteiger partial charge in [0.1, 0.15) is 60.1 Å². The number of nitrogens with zero attached hydrogens (tertiary/aromatic N) is 17. The van der Waals surface area contributed by atoms with Gasteiger partial charge in [0, 0.05) is 0 Å². The summed E-state index contributed by atoms with van der Waals surface area (Å²) >= 11 is 5.41. The molecule has 2 amide bonds. The van der Waals surface area contributed by atoms with Crippen LogP contribution in [-0.4, -0.2) is 176 Å². The summed E-state index contributed by atoms with van der Waals surface area (Å²) in [5.74, 6) is -3.47. The molecule has 0 radical (unpaired) electrons. The van der Waals surface area contributed by atoms with Crippen LogP contribution in [0.25, 0.3) is 83.6 Å². The first-order valence-corrected chi connectivity index (χ1v) is 40.3. The van der Waals surface area contributed by atoms with E-state index in [0.29, 0.717) is 79.6 Å². The second-order valence-corrected chi connectivity index (χ2v) is 31.6. The Bertz CT molecular complexity index is 6860. The highest BCUT2D eigenvalue weighted by atomic mass is 32.2. The number of H-pyrrole nitrogens is 5. The lowest BCUT2D eigenvalue weighted by atomic mass is 10.2. The van der Waals surface area contributed by atoms with E-state index >= 15 is 0 Å². The van der Waals surface area contributed by atoms with E-state index in [0.717, 1.165) is 58.8 Å². The average Bonchev–Trinajstić information content (AvgIpc) is 1.65. The average molecular weight is 1750 g/mol. The normalized spacial score (nSPS) is 12.2. The second-order valence-electron chi connectivity index (χ2n) is 25.3. The van der Waals surface area contributed by atoms with E-state index in [-0.39, 0.29) is 81.5 Å². The molecule has 624 valence electrons. The lowest BCUT2D eigenvalue weighted by Gasteiger charge is -2.11. The van der Waals surface area contributed by atoms with Gasteiger partial charge < -0.3 is 50.6 Å². The van der Waals surface area contributed by atoms with E-state index in [2.05, 4.69) is 84.8 Å². The Hall–Kier alpha value is -14.3. The molecule has 45 heteroatoms.